The molecule has 0 saturated carbocycles. The Hall–Kier alpha value is 0.430. The number of rotatable bonds is 2. The molecule has 0 spiro atoms. The summed E-state index contributed by atoms with van der Waals surface area (Å²) in [5, 5.41) is 12.3. The highest BCUT2D eigenvalue weighted by atomic mass is 79.9. The van der Waals surface area contributed by atoms with Crippen molar-refractivity contribution in [3.8, 4) is 0 Å². The van der Waals surface area contributed by atoms with E-state index in [0.717, 1.165) is 4.88 Å². The van der Waals surface area contributed by atoms with Crippen molar-refractivity contribution in [2.24, 2.45) is 0 Å². The van der Waals surface area contributed by atoms with E-state index in [1.807, 2.05) is 5.38 Å². The lowest BCUT2D eigenvalue weighted by atomic mass is 10.3. The first-order valence-corrected chi connectivity index (χ1v) is 5.10. The van der Waals surface area contributed by atoms with Gasteiger partial charge in [-0.2, -0.15) is 0 Å². The summed E-state index contributed by atoms with van der Waals surface area (Å²) in [5.74, 6) is 0. The summed E-state index contributed by atoms with van der Waals surface area (Å²) in [5.41, 5.74) is 0. The van der Waals surface area contributed by atoms with Crippen LogP contribution in [0, 0.1) is 0 Å². The molecule has 0 amide bonds. The van der Waals surface area contributed by atoms with Gasteiger partial charge in [-0.1, -0.05) is 27.5 Å². The molecule has 1 aromatic rings. The average molecular weight is 242 g/mol. The minimum atomic E-state index is -0.465. The van der Waals surface area contributed by atoms with Crippen LogP contribution < -0.4 is 0 Å². The Labute approximate surface area is 76.8 Å². The van der Waals surface area contributed by atoms with Gasteiger partial charge in [-0.25, -0.2) is 0 Å². The highest BCUT2D eigenvalue weighted by Crippen LogP contribution is 2.29. The third-order valence-electron chi connectivity index (χ3n) is 1.09. The Morgan fingerprint density at radius 3 is 2.90 bits per heavy atom. The Morgan fingerprint density at radius 1 is 1.80 bits per heavy atom. The molecule has 0 aliphatic heterocycles. The second kappa shape index (κ2) is 3.72. The highest BCUT2D eigenvalue weighted by Gasteiger charge is 2.10. The van der Waals surface area contributed by atoms with Crippen LogP contribution in [0.15, 0.2) is 11.4 Å². The highest BCUT2D eigenvalue weighted by molar-refractivity contribution is 9.09. The van der Waals surface area contributed by atoms with Crippen molar-refractivity contribution in [2.45, 2.75) is 6.10 Å². The fraction of sp³-hybridized carbons (Fsp3) is 0.333. The standard InChI is InChI=1S/C6H6BrClOS/c7-3-5(9)6-4(8)1-2-10-6/h1-2,5,9H,3H2. The molecule has 1 atom stereocenters. The number of aliphatic hydroxyl groups is 1. The summed E-state index contributed by atoms with van der Waals surface area (Å²) in [6.45, 7) is 0. The second-order valence-corrected chi connectivity index (χ2v) is 3.81. The first-order valence-electron chi connectivity index (χ1n) is 2.72. The van der Waals surface area contributed by atoms with Gasteiger partial charge in [0.25, 0.3) is 0 Å². The van der Waals surface area contributed by atoms with Gasteiger partial charge in [0.15, 0.2) is 0 Å². The van der Waals surface area contributed by atoms with Crippen LogP contribution in [0.1, 0.15) is 11.0 Å². The Morgan fingerprint density at radius 2 is 2.50 bits per heavy atom. The number of aliphatic hydroxyl groups excluding tert-OH is 1. The van der Waals surface area contributed by atoms with Gasteiger partial charge in [0.05, 0.1) is 16.0 Å². The molecule has 0 saturated heterocycles. The topological polar surface area (TPSA) is 20.2 Å². The molecule has 1 nitrogen and oxygen atoms in total. The van der Waals surface area contributed by atoms with Gasteiger partial charge < -0.3 is 5.11 Å². The molecule has 0 aliphatic carbocycles. The Balaban J connectivity index is 2.82. The summed E-state index contributed by atoms with van der Waals surface area (Å²) in [7, 11) is 0. The quantitative estimate of drug-likeness (QED) is 0.790. The smallest absolute Gasteiger partial charge is 0.0993 e. The van der Waals surface area contributed by atoms with Crippen LogP contribution in [0.4, 0.5) is 0 Å². The molecule has 0 fully saturated rings. The summed E-state index contributed by atoms with van der Waals surface area (Å²) in [4.78, 5) is 0.832. The van der Waals surface area contributed by atoms with Crippen molar-refractivity contribution in [2.75, 3.05) is 5.33 Å². The third kappa shape index (κ3) is 1.72. The normalized spacial score (nSPS) is 13.5. The van der Waals surface area contributed by atoms with E-state index in [1.54, 1.807) is 6.07 Å². The molecular weight excluding hydrogens is 235 g/mol. The average Bonchev–Trinajstić information content (AvgIpc) is 2.34. The maximum absolute atomic E-state index is 9.28. The molecule has 56 valence electrons. The van der Waals surface area contributed by atoms with Crippen molar-refractivity contribution < 1.29 is 5.11 Å². The molecule has 1 aromatic heterocycles. The van der Waals surface area contributed by atoms with Crippen molar-refractivity contribution in [3.05, 3.63) is 21.3 Å². The minimum absolute atomic E-state index is 0.465. The van der Waals surface area contributed by atoms with Crippen molar-refractivity contribution >= 4 is 38.9 Å². The molecule has 1 unspecified atom stereocenters. The summed E-state index contributed by atoms with van der Waals surface area (Å²) < 4.78 is 0. The Kier molecular flexibility index (Phi) is 3.17. The van der Waals surface area contributed by atoms with Crippen LogP contribution in [-0.2, 0) is 0 Å². The zero-order chi connectivity index (χ0) is 7.56. The number of alkyl halides is 1. The molecule has 1 N–H and O–H groups in total. The zero-order valence-corrected chi connectivity index (χ0v) is 8.21. The van der Waals surface area contributed by atoms with E-state index in [9.17, 15) is 5.11 Å². The number of hydrogen-bond donors (Lipinski definition) is 1. The summed E-state index contributed by atoms with van der Waals surface area (Å²) >= 11 is 10.4. The van der Waals surface area contributed by atoms with Gasteiger partial charge in [-0.3, -0.25) is 0 Å². The van der Waals surface area contributed by atoms with E-state index < -0.39 is 6.10 Å². The largest absolute Gasteiger partial charge is 0.387 e. The van der Waals surface area contributed by atoms with Crippen LogP contribution in [-0.4, -0.2) is 10.4 Å². The van der Waals surface area contributed by atoms with Crippen LogP contribution >= 0.6 is 38.9 Å². The van der Waals surface area contributed by atoms with E-state index in [-0.39, 0.29) is 0 Å². The van der Waals surface area contributed by atoms with E-state index in [1.165, 1.54) is 11.3 Å². The van der Waals surface area contributed by atoms with Crippen LogP contribution in [0.3, 0.4) is 0 Å². The first kappa shape index (κ1) is 8.53. The van der Waals surface area contributed by atoms with Gasteiger partial charge in [-0.15, -0.1) is 11.3 Å². The van der Waals surface area contributed by atoms with E-state index in [0.29, 0.717) is 10.4 Å². The monoisotopic (exact) mass is 240 g/mol. The lowest BCUT2D eigenvalue weighted by Crippen LogP contribution is -1.94. The minimum Gasteiger partial charge on any atom is -0.387 e. The molecule has 4 heteroatoms. The molecule has 10 heavy (non-hydrogen) atoms. The summed E-state index contributed by atoms with van der Waals surface area (Å²) in [6.07, 6.45) is -0.465. The first-order chi connectivity index (χ1) is 4.75. The van der Waals surface area contributed by atoms with Gasteiger partial charge in [0.2, 0.25) is 0 Å². The van der Waals surface area contributed by atoms with Gasteiger partial charge in [-0.05, 0) is 11.4 Å². The van der Waals surface area contributed by atoms with Crippen molar-refractivity contribution in [1.82, 2.24) is 0 Å². The molecular formula is C6H6BrClOS. The van der Waals surface area contributed by atoms with E-state index in [4.69, 9.17) is 11.6 Å². The number of thiophene rings is 1. The third-order valence-corrected chi connectivity index (χ3v) is 3.17. The van der Waals surface area contributed by atoms with Crippen LogP contribution in [0.2, 0.25) is 5.02 Å². The predicted octanol–water partition coefficient (Wildman–Crippen LogP) is 2.83. The maximum Gasteiger partial charge on any atom is 0.0993 e. The predicted molar refractivity (Wildman–Crippen MR) is 48.1 cm³/mol. The van der Waals surface area contributed by atoms with Crippen LogP contribution in [0.5, 0.6) is 0 Å². The SMILES string of the molecule is OC(CBr)c1sccc1Cl. The van der Waals surface area contributed by atoms with E-state index in [2.05, 4.69) is 15.9 Å². The molecule has 0 aliphatic rings. The lowest BCUT2D eigenvalue weighted by molar-refractivity contribution is 0.209. The van der Waals surface area contributed by atoms with Gasteiger partial charge in [0.1, 0.15) is 0 Å². The maximum atomic E-state index is 9.28. The van der Waals surface area contributed by atoms with Gasteiger partial charge >= 0.3 is 0 Å². The number of halogens is 2. The fourth-order valence-electron chi connectivity index (χ4n) is 0.613. The van der Waals surface area contributed by atoms with Crippen molar-refractivity contribution in [1.29, 1.82) is 0 Å². The Bertz CT molecular complexity index is 213. The zero-order valence-electron chi connectivity index (χ0n) is 5.05. The van der Waals surface area contributed by atoms with Crippen molar-refractivity contribution in [3.63, 3.8) is 0 Å². The van der Waals surface area contributed by atoms with Gasteiger partial charge in [0, 0.05) is 5.33 Å². The lowest BCUT2D eigenvalue weighted by Gasteiger charge is -2.02. The molecule has 0 bridgehead atoms. The summed E-state index contributed by atoms with van der Waals surface area (Å²) in [6, 6.07) is 1.79. The van der Waals surface area contributed by atoms with E-state index >= 15 is 0 Å². The molecule has 0 aromatic carbocycles. The molecule has 0 radical (unpaired) electrons. The number of hydrogen-bond acceptors (Lipinski definition) is 2. The second-order valence-electron chi connectivity index (χ2n) is 1.80. The molecule has 1 rings (SSSR count). The van der Waals surface area contributed by atoms with Crippen LogP contribution in [0.25, 0.3) is 0 Å². The fourth-order valence-corrected chi connectivity index (χ4v) is 2.32. The molecule has 1 heterocycles.